The largest absolute Gasteiger partial charge is 0.435 e. The van der Waals surface area contributed by atoms with Crippen LogP contribution >= 0.6 is 0 Å². The number of likely N-dealkylation sites (tertiary alicyclic amines) is 1. The lowest BCUT2D eigenvalue weighted by Gasteiger charge is -2.21. The standard InChI is InChI=1S/C18H27F3N4O/c1-13(11-24-9-5-6-10-24)22-16(26)12-25-15-8-4-2-3-7-14(15)17(23-25)18(19,20)21/h13H,2-12H2,1H3,(H,22,26)/t13-/m0/s1. The van der Waals surface area contributed by atoms with Gasteiger partial charge in [-0.05, 0) is 58.5 Å². The highest BCUT2D eigenvalue weighted by molar-refractivity contribution is 5.76. The van der Waals surface area contributed by atoms with Crippen LogP contribution in [0.3, 0.4) is 0 Å². The van der Waals surface area contributed by atoms with Crippen molar-refractivity contribution >= 4 is 5.91 Å². The Morgan fingerprint density at radius 3 is 2.54 bits per heavy atom. The number of nitrogens with one attached hydrogen (secondary N) is 1. The molecule has 0 aromatic carbocycles. The van der Waals surface area contributed by atoms with Gasteiger partial charge in [-0.2, -0.15) is 18.3 Å². The Hall–Kier alpha value is -1.57. The minimum absolute atomic E-state index is 0.0307. The van der Waals surface area contributed by atoms with Crippen LogP contribution in [0.15, 0.2) is 0 Å². The first-order valence-corrected chi connectivity index (χ1v) is 9.52. The summed E-state index contributed by atoms with van der Waals surface area (Å²) in [5.41, 5.74) is 0.0531. The molecular weight excluding hydrogens is 345 g/mol. The lowest BCUT2D eigenvalue weighted by Crippen LogP contribution is -2.42. The van der Waals surface area contributed by atoms with Crippen LogP contribution in [0.25, 0.3) is 0 Å². The maximum Gasteiger partial charge on any atom is 0.435 e. The van der Waals surface area contributed by atoms with E-state index >= 15 is 0 Å². The second-order valence-electron chi connectivity index (χ2n) is 7.47. The van der Waals surface area contributed by atoms with Gasteiger partial charge in [0.05, 0.1) is 0 Å². The highest BCUT2D eigenvalue weighted by atomic mass is 19.4. The predicted molar refractivity (Wildman–Crippen MR) is 91.8 cm³/mol. The van der Waals surface area contributed by atoms with Crippen LogP contribution in [0, 0.1) is 0 Å². The van der Waals surface area contributed by atoms with E-state index in [1.165, 1.54) is 17.5 Å². The van der Waals surface area contributed by atoms with Gasteiger partial charge in [0.2, 0.25) is 5.91 Å². The summed E-state index contributed by atoms with van der Waals surface area (Å²) in [7, 11) is 0. The van der Waals surface area contributed by atoms with Crippen molar-refractivity contribution in [3.05, 3.63) is 17.0 Å². The molecule has 1 aliphatic carbocycles. The summed E-state index contributed by atoms with van der Waals surface area (Å²) >= 11 is 0. The Balaban J connectivity index is 1.68. The summed E-state index contributed by atoms with van der Waals surface area (Å²) in [6.45, 7) is 4.64. The second-order valence-corrected chi connectivity index (χ2v) is 7.47. The first kappa shape index (κ1) is 19.2. The molecule has 1 N–H and O–H groups in total. The monoisotopic (exact) mass is 372 g/mol. The molecule has 0 radical (unpaired) electrons. The molecule has 2 aliphatic rings. The lowest BCUT2D eigenvalue weighted by molar-refractivity contribution is -0.142. The molecule has 146 valence electrons. The van der Waals surface area contributed by atoms with Gasteiger partial charge in [-0.3, -0.25) is 9.48 Å². The van der Waals surface area contributed by atoms with E-state index in [0.29, 0.717) is 18.5 Å². The molecule has 0 unspecified atom stereocenters. The van der Waals surface area contributed by atoms with Crippen molar-refractivity contribution in [1.29, 1.82) is 0 Å². The second kappa shape index (κ2) is 7.98. The predicted octanol–water partition coefficient (Wildman–Crippen LogP) is 2.77. The number of hydrogen-bond acceptors (Lipinski definition) is 3. The van der Waals surface area contributed by atoms with Crippen molar-refractivity contribution in [2.75, 3.05) is 19.6 Å². The molecule has 1 saturated heterocycles. The normalized spacial score (nSPS) is 19.8. The van der Waals surface area contributed by atoms with Crippen molar-refractivity contribution in [2.24, 2.45) is 0 Å². The van der Waals surface area contributed by atoms with E-state index in [2.05, 4.69) is 15.3 Å². The molecule has 1 aliphatic heterocycles. The highest BCUT2D eigenvalue weighted by Gasteiger charge is 2.39. The van der Waals surface area contributed by atoms with E-state index in [0.717, 1.165) is 38.9 Å². The molecule has 1 fully saturated rings. The number of carbonyl (C=O) groups excluding carboxylic acids is 1. The zero-order valence-electron chi connectivity index (χ0n) is 15.2. The third kappa shape index (κ3) is 4.58. The van der Waals surface area contributed by atoms with Crippen molar-refractivity contribution in [2.45, 2.75) is 70.6 Å². The van der Waals surface area contributed by atoms with E-state index in [-0.39, 0.29) is 24.1 Å². The molecule has 8 heteroatoms. The molecule has 26 heavy (non-hydrogen) atoms. The Morgan fingerprint density at radius 1 is 1.15 bits per heavy atom. The summed E-state index contributed by atoms with van der Waals surface area (Å²) < 4.78 is 41.2. The van der Waals surface area contributed by atoms with Gasteiger partial charge in [-0.15, -0.1) is 0 Å². The smallest absolute Gasteiger partial charge is 0.351 e. The van der Waals surface area contributed by atoms with E-state index in [1.807, 2.05) is 6.92 Å². The summed E-state index contributed by atoms with van der Waals surface area (Å²) in [6.07, 6.45) is 1.31. The number of carbonyl (C=O) groups is 1. The maximum absolute atomic E-state index is 13.3. The fourth-order valence-corrected chi connectivity index (χ4v) is 4.06. The van der Waals surface area contributed by atoms with Crippen LogP contribution in [0.4, 0.5) is 13.2 Å². The number of hydrogen-bond donors (Lipinski definition) is 1. The Bertz CT molecular complexity index is 635. The average Bonchev–Trinajstić information content (AvgIpc) is 3.08. The zero-order chi connectivity index (χ0) is 18.7. The number of aromatic nitrogens is 2. The molecule has 1 aromatic rings. The lowest BCUT2D eigenvalue weighted by atomic mass is 10.1. The summed E-state index contributed by atoms with van der Waals surface area (Å²) in [6, 6.07) is -0.0307. The van der Waals surface area contributed by atoms with Crippen molar-refractivity contribution in [3.63, 3.8) is 0 Å². The molecule has 5 nitrogen and oxygen atoms in total. The van der Waals surface area contributed by atoms with E-state index in [9.17, 15) is 18.0 Å². The van der Waals surface area contributed by atoms with Gasteiger partial charge >= 0.3 is 6.18 Å². The van der Waals surface area contributed by atoms with Gasteiger partial charge < -0.3 is 10.2 Å². The Morgan fingerprint density at radius 2 is 1.85 bits per heavy atom. The molecule has 0 bridgehead atoms. The van der Waals surface area contributed by atoms with Gasteiger partial charge in [0.25, 0.3) is 0 Å². The number of alkyl halides is 3. The number of halogens is 3. The molecule has 1 atom stereocenters. The Labute approximate surface area is 151 Å². The molecule has 1 amide bonds. The summed E-state index contributed by atoms with van der Waals surface area (Å²) in [5.74, 6) is -0.278. The molecule has 2 heterocycles. The van der Waals surface area contributed by atoms with E-state index < -0.39 is 11.9 Å². The number of nitrogens with zero attached hydrogens (tertiary/aromatic N) is 3. The summed E-state index contributed by atoms with van der Waals surface area (Å²) in [5, 5.41) is 6.68. The van der Waals surface area contributed by atoms with Crippen molar-refractivity contribution in [1.82, 2.24) is 20.0 Å². The number of rotatable bonds is 5. The third-order valence-electron chi connectivity index (χ3n) is 5.21. The van der Waals surface area contributed by atoms with Gasteiger partial charge in [0.1, 0.15) is 6.54 Å². The topological polar surface area (TPSA) is 50.2 Å². The molecule has 0 saturated carbocycles. The van der Waals surface area contributed by atoms with Gasteiger partial charge in [-0.1, -0.05) is 6.42 Å². The molecule has 3 rings (SSSR count). The van der Waals surface area contributed by atoms with Gasteiger partial charge in [-0.25, -0.2) is 0 Å². The van der Waals surface area contributed by atoms with Gasteiger partial charge in [0, 0.05) is 23.8 Å². The van der Waals surface area contributed by atoms with Crippen LogP contribution in [0.1, 0.15) is 56.0 Å². The van der Waals surface area contributed by atoms with Crippen LogP contribution < -0.4 is 5.32 Å². The van der Waals surface area contributed by atoms with Crippen molar-refractivity contribution in [3.8, 4) is 0 Å². The van der Waals surface area contributed by atoms with Crippen LogP contribution in [-0.4, -0.2) is 46.3 Å². The minimum Gasteiger partial charge on any atom is -0.351 e. The quantitative estimate of drug-likeness (QED) is 0.809. The molecular formula is C18H27F3N4O. The molecule has 1 aromatic heterocycles. The van der Waals surface area contributed by atoms with E-state index in [4.69, 9.17) is 0 Å². The maximum atomic E-state index is 13.3. The fraction of sp³-hybridized carbons (Fsp3) is 0.778. The fourth-order valence-electron chi connectivity index (χ4n) is 4.06. The van der Waals surface area contributed by atoms with E-state index in [1.54, 1.807) is 0 Å². The minimum atomic E-state index is -4.47. The third-order valence-corrected chi connectivity index (χ3v) is 5.21. The Kier molecular flexibility index (Phi) is 5.89. The SMILES string of the molecule is C[C@@H](CN1CCCC1)NC(=O)Cn1nc(C(F)(F)F)c2c1CCCCC2. The van der Waals surface area contributed by atoms with Crippen molar-refractivity contribution < 1.29 is 18.0 Å². The zero-order valence-corrected chi connectivity index (χ0v) is 15.2. The molecule has 0 spiro atoms. The number of amides is 1. The first-order chi connectivity index (χ1) is 12.3. The number of fused-ring (bicyclic) bond motifs is 1. The van der Waals surface area contributed by atoms with Crippen LogP contribution in [-0.2, 0) is 30.4 Å². The average molecular weight is 372 g/mol. The van der Waals surface area contributed by atoms with Gasteiger partial charge in [0.15, 0.2) is 5.69 Å². The van der Waals surface area contributed by atoms with Crippen LogP contribution in [0.2, 0.25) is 0 Å². The first-order valence-electron chi connectivity index (χ1n) is 9.52. The van der Waals surface area contributed by atoms with Crippen LogP contribution in [0.5, 0.6) is 0 Å². The highest BCUT2D eigenvalue weighted by Crippen LogP contribution is 2.35. The summed E-state index contributed by atoms with van der Waals surface area (Å²) in [4.78, 5) is 14.7.